The van der Waals surface area contributed by atoms with E-state index in [-0.39, 0.29) is 11.0 Å². The monoisotopic (exact) mass is 281 g/mol. The molecule has 3 unspecified atom stereocenters. The van der Waals surface area contributed by atoms with Crippen molar-refractivity contribution in [2.45, 2.75) is 79.2 Å². The molecule has 0 aromatic heterocycles. The zero-order valence-electron chi connectivity index (χ0n) is 14.4. The maximum Gasteiger partial charge on any atom is 0.0551 e. The van der Waals surface area contributed by atoms with Crippen LogP contribution in [0.2, 0.25) is 0 Å². The molecule has 1 aliphatic heterocycles. The van der Waals surface area contributed by atoms with Crippen LogP contribution in [0.15, 0.2) is 0 Å². The Kier molecular flexibility index (Phi) is 4.54. The first-order valence-corrected chi connectivity index (χ1v) is 8.46. The summed E-state index contributed by atoms with van der Waals surface area (Å²) in [6, 6.07) is 0. The van der Waals surface area contributed by atoms with E-state index >= 15 is 0 Å². The summed E-state index contributed by atoms with van der Waals surface area (Å²) in [5, 5.41) is 0. The topological polar surface area (TPSA) is 36.1 Å². The minimum Gasteiger partial charge on any atom is -0.242 e. The highest BCUT2D eigenvalue weighted by molar-refractivity contribution is 5.06. The fourth-order valence-electron chi connectivity index (χ4n) is 4.29. The highest BCUT2D eigenvalue weighted by Gasteiger charge is 2.50. The second-order valence-corrected chi connectivity index (χ2v) is 8.76. The van der Waals surface area contributed by atoms with Gasteiger partial charge in [-0.2, -0.15) is 5.53 Å². The van der Waals surface area contributed by atoms with E-state index in [9.17, 15) is 0 Å². The zero-order chi connectivity index (χ0) is 15.0. The van der Waals surface area contributed by atoms with E-state index in [0.29, 0.717) is 5.41 Å². The van der Waals surface area contributed by atoms with E-state index in [0.717, 1.165) is 18.4 Å². The Morgan fingerprint density at radius 1 is 1.10 bits per heavy atom. The van der Waals surface area contributed by atoms with Crippen molar-refractivity contribution in [3.05, 3.63) is 0 Å². The normalized spacial score (nSPS) is 40.0. The minimum atomic E-state index is 0.176. The SMILES string of the molecule is CC(C)C1(C)CCCC(C2(C(C)(C)C)CNNN2)CC1. The molecule has 1 saturated heterocycles. The van der Waals surface area contributed by atoms with Crippen molar-refractivity contribution in [2.24, 2.45) is 22.7 Å². The van der Waals surface area contributed by atoms with Crippen LogP contribution in [-0.4, -0.2) is 12.1 Å². The molecule has 118 valence electrons. The van der Waals surface area contributed by atoms with E-state index in [1.807, 2.05) is 0 Å². The van der Waals surface area contributed by atoms with Crippen LogP contribution in [0.25, 0.3) is 0 Å². The quantitative estimate of drug-likeness (QED) is 0.677. The van der Waals surface area contributed by atoms with Crippen molar-refractivity contribution < 1.29 is 0 Å². The summed E-state index contributed by atoms with van der Waals surface area (Å²) in [6.07, 6.45) is 6.84. The summed E-state index contributed by atoms with van der Waals surface area (Å²) in [5.41, 5.74) is 11.1. The Morgan fingerprint density at radius 3 is 2.30 bits per heavy atom. The first-order valence-electron chi connectivity index (χ1n) is 8.46. The van der Waals surface area contributed by atoms with Crippen LogP contribution in [0.4, 0.5) is 0 Å². The molecule has 0 spiro atoms. The molecule has 0 aromatic rings. The molecule has 2 fully saturated rings. The van der Waals surface area contributed by atoms with Gasteiger partial charge >= 0.3 is 0 Å². The van der Waals surface area contributed by atoms with Crippen LogP contribution >= 0.6 is 0 Å². The van der Waals surface area contributed by atoms with Gasteiger partial charge in [0.15, 0.2) is 0 Å². The lowest BCUT2D eigenvalue weighted by molar-refractivity contribution is 0.0779. The molecule has 0 aromatic carbocycles. The van der Waals surface area contributed by atoms with Gasteiger partial charge in [0.1, 0.15) is 0 Å². The fourth-order valence-corrected chi connectivity index (χ4v) is 4.29. The van der Waals surface area contributed by atoms with Gasteiger partial charge in [0, 0.05) is 6.54 Å². The van der Waals surface area contributed by atoms with Crippen molar-refractivity contribution in [3.8, 4) is 0 Å². The first-order chi connectivity index (χ1) is 9.21. The van der Waals surface area contributed by atoms with E-state index in [1.54, 1.807) is 0 Å². The van der Waals surface area contributed by atoms with Gasteiger partial charge in [-0.25, -0.2) is 10.9 Å². The summed E-state index contributed by atoms with van der Waals surface area (Å²) in [6.45, 7) is 15.5. The standard InChI is InChI=1S/C17H35N3/c1-13(2)16(6)10-7-8-14(9-11-16)17(15(3,4)5)12-18-20-19-17/h13-14,18-20H,7-12H2,1-6H3. The Bertz CT molecular complexity index is 326. The molecule has 0 bridgehead atoms. The molecule has 3 N–H and O–H groups in total. The summed E-state index contributed by atoms with van der Waals surface area (Å²) < 4.78 is 0. The van der Waals surface area contributed by atoms with Gasteiger partial charge in [-0.05, 0) is 48.3 Å². The fraction of sp³-hybridized carbons (Fsp3) is 1.00. The largest absolute Gasteiger partial charge is 0.242 e. The molecular formula is C17H35N3. The zero-order valence-corrected chi connectivity index (χ0v) is 14.4. The third kappa shape index (κ3) is 2.77. The Labute approximate surface area is 125 Å². The molecule has 2 aliphatic rings. The van der Waals surface area contributed by atoms with Crippen LogP contribution in [0.1, 0.15) is 73.6 Å². The van der Waals surface area contributed by atoms with Gasteiger partial charge in [-0.3, -0.25) is 0 Å². The maximum absolute atomic E-state index is 3.60. The molecule has 3 heteroatoms. The molecule has 1 saturated carbocycles. The molecule has 3 nitrogen and oxygen atoms in total. The van der Waals surface area contributed by atoms with E-state index in [4.69, 9.17) is 0 Å². The van der Waals surface area contributed by atoms with Crippen LogP contribution < -0.4 is 16.4 Å². The van der Waals surface area contributed by atoms with Crippen LogP contribution in [0, 0.1) is 22.7 Å². The van der Waals surface area contributed by atoms with Gasteiger partial charge in [-0.1, -0.05) is 48.0 Å². The lowest BCUT2D eigenvalue weighted by atomic mass is 9.64. The molecular weight excluding hydrogens is 246 g/mol. The van der Waals surface area contributed by atoms with Crippen molar-refractivity contribution in [1.29, 1.82) is 0 Å². The average molecular weight is 281 g/mol. The Hall–Kier alpha value is -0.120. The van der Waals surface area contributed by atoms with Gasteiger partial charge in [0.05, 0.1) is 5.54 Å². The van der Waals surface area contributed by atoms with Gasteiger partial charge in [-0.15, -0.1) is 0 Å². The summed E-state index contributed by atoms with van der Waals surface area (Å²) >= 11 is 0. The predicted octanol–water partition coefficient (Wildman–Crippen LogP) is 3.63. The Balaban J connectivity index is 2.17. The lowest BCUT2D eigenvalue weighted by Crippen LogP contribution is -2.60. The van der Waals surface area contributed by atoms with Crippen molar-refractivity contribution in [1.82, 2.24) is 16.4 Å². The second kappa shape index (κ2) is 5.58. The predicted molar refractivity (Wildman–Crippen MR) is 86.0 cm³/mol. The Morgan fingerprint density at radius 2 is 1.80 bits per heavy atom. The third-order valence-electron chi connectivity index (χ3n) is 6.53. The number of hydrogen-bond donors (Lipinski definition) is 3. The third-order valence-corrected chi connectivity index (χ3v) is 6.53. The highest BCUT2D eigenvalue weighted by Crippen LogP contribution is 2.48. The molecule has 20 heavy (non-hydrogen) atoms. The molecule has 0 radical (unpaired) electrons. The summed E-state index contributed by atoms with van der Waals surface area (Å²) in [5.74, 6) is 1.55. The molecule has 0 amide bonds. The van der Waals surface area contributed by atoms with E-state index in [2.05, 4.69) is 57.9 Å². The van der Waals surface area contributed by atoms with Gasteiger partial charge in [0.2, 0.25) is 0 Å². The van der Waals surface area contributed by atoms with Crippen molar-refractivity contribution in [3.63, 3.8) is 0 Å². The van der Waals surface area contributed by atoms with E-state index < -0.39 is 0 Å². The molecule has 2 rings (SSSR count). The number of hydrogen-bond acceptors (Lipinski definition) is 3. The van der Waals surface area contributed by atoms with Crippen LogP contribution in [-0.2, 0) is 0 Å². The summed E-state index contributed by atoms with van der Waals surface area (Å²) in [4.78, 5) is 0. The smallest absolute Gasteiger partial charge is 0.0551 e. The molecule has 1 heterocycles. The lowest BCUT2D eigenvalue weighted by Gasteiger charge is -2.47. The highest BCUT2D eigenvalue weighted by atomic mass is 15.7. The number of nitrogens with one attached hydrogen (secondary N) is 3. The van der Waals surface area contributed by atoms with Crippen molar-refractivity contribution >= 4 is 0 Å². The van der Waals surface area contributed by atoms with E-state index in [1.165, 1.54) is 32.1 Å². The number of rotatable bonds is 2. The molecule has 1 aliphatic carbocycles. The second-order valence-electron chi connectivity index (χ2n) is 8.76. The van der Waals surface area contributed by atoms with Crippen molar-refractivity contribution in [2.75, 3.05) is 6.54 Å². The average Bonchev–Trinajstić information content (AvgIpc) is 2.75. The molecule has 3 atom stereocenters. The van der Waals surface area contributed by atoms with Crippen LogP contribution in [0.5, 0.6) is 0 Å². The minimum absolute atomic E-state index is 0.176. The van der Waals surface area contributed by atoms with Gasteiger partial charge in [0.25, 0.3) is 0 Å². The number of hydrazine groups is 2. The first kappa shape index (κ1) is 16.3. The maximum atomic E-state index is 3.60. The summed E-state index contributed by atoms with van der Waals surface area (Å²) in [7, 11) is 0. The van der Waals surface area contributed by atoms with Crippen LogP contribution in [0.3, 0.4) is 0 Å². The van der Waals surface area contributed by atoms with Gasteiger partial charge < -0.3 is 0 Å².